The first-order valence-electron chi connectivity index (χ1n) is 6.59. The minimum Gasteiger partial charge on any atom is -0.254 e. The Balaban J connectivity index is 1.98. The van der Waals surface area contributed by atoms with Gasteiger partial charge >= 0.3 is 6.18 Å². The molecule has 1 atom stereocenters. The van der Waals surface area contributed by atoms with Crippen molar-refractivity contribution in [1.82, 2.24) is 19.3 Å². The fourth-order valence-corrected chi connectivity index (χ4v) is 4.79. The van der Waals surface area contributed by atoms with Crippen molar-refractivity contribution in [3.8, 4) is 0 Å². The predicted octanol–water partition coefficient (Wildman–Crippen LogP) is 1.31. The van der Waals surface area contributed by atoms with E-state index in [1.54, 1.807) is 0 Å². The first kappa shape index (κ1) is 14.8. The van der Waals surface area contributed by atoms with Gasteiger partial charge in [-0.25, -0.2) is 8.42 Å². The SMILES string of the molecule is Cn1cc(S(=O)(=O)N2CC3(CCC3)CC2C(F)(F)F)nn1. The fourth-order valence-electron chi connectivity index (χ4n) is 3.15. The third-order valence-corrected chi connectivity index (χ3v) is 6.13. The Labute approximate surface area is 120 Å². The van der Waals surface area contributed by atoms with E-state index in [1.807, 2.05) is 0 Å². The van der Waals surface area contributed by atoms with Gasteiger partial charge in [0.15, 0.2) is 0 Å². The highest BCUT2D eigenvalue weighted by Gasteiger charge is 2.60. The van der Waals surface area contributed by atoms with E-state index in [-0.39, 0.29) is 13.0 Å². The van der Waals surface area contributed by atoms with Gasteiger partial charge in [-0.05, 0) is 24.7 Å². The number of hydrogen-bond donors (Lipinski definition) is 0. The molecule has 0 N–H and O–H groups in total. The summed E-state index contributed by atoms with van der Waals surface area (Å²) in [5.41, 5.74) is -0.518. The third-order valence-electron chi connectivity index (χ3n) is 4.41. The van der Waals surface area contributed by atoms with Crippen LogP contribution in [0.5, 0.6) is 0 Å². The van der Waals surface area contributed by atoms with Crippen molar-refractivity contribution in [3.05, 3.63) is 6.20 Å². The van der Waals surface area contributed by atoms with E-state index in [4.69, 9.17) is 0 Å². The number of nitrogens with zero attached hydrogens (tertiary/aromatic N) is 4. The molecule has 1 aliphatic carbocycles. The van der Waals surface area contributed by atoms with Crippen molar-refractivity contribution in [3.63, 3.8) is 0 Å². The third kappa shape index (κ3) is 2.33. The van der Waals surface area contributed by atoms with E-state index >= 15 is 0 Å². The monoisotopic (exact) mass is 324 g/mol. The molecule has 1 aliphatic heterocycles. The Kier molecular flexibility index (Phi) is 3.11. The van der Waals surface area contributed by atoms with Crippen molar-refractivity contribution < 1.29 is 21.6 Å². The van der Waals surface area contributed by atoms with E-state index in [0.717, 1.165) is 17.3 Å². The summed E-state index contributed by atoms with van der Waals surface area (Å²) in [5, 5.41) is 6.51. The molecule has 2 aliphatic rings. The molecule has 10 heteroatoms. The smallest absolute Gasteiger partial charge is 0.254 e. The van der Waals surface area contributed by atoms with Crippen LogP contribution in [0, 0.1) is 5.41 Å². The van der Waals surface area contributed by atoms with Crippen LogP contribution >= 0.6 is 0 Å². The average molecular weight is 324 g/mol. The topological polar surface area (TPSA) is 68.1 Å². The lowest BCUT2D eigenvalue weighted by molar-refractivity contribution is -0.166. The molecule has 21 heavy (non-hydrogen) atoms. The van der Waals surface area contributed by atoms with Crippen LogP contribution in [-0.2, 0) is 17.1 Å². The van der Waals surface area contributed by atoms with Crippen molar-refractivity contribution in [2.24, 2.45) is 12.5 Å². The van der Waals surface area contributed by atoms with Crippen LogP contribution in [-0.4, -0.2) is 46.5 Å². The molecule has 0 radical (unpaired) electrons. The minimum absolute atomic E-state index is 0.0872. The largest absolute Gasteiger partial charge is 0.405 e. The molecule has 6 nitrogen and oxygen atoms in total. The summed E-state index contributed by atoms with van der Waals surface area (Å²) in [5.74, 6) is 0. The molecule has 118 valence electrons. The number of hydrogen-bond acceptors (Lipinski definition) is 4. The Bertz CT molecular complexity index is 651. The maximum atomic E-state index is 13.2. The highest BCUT2D eigenvalue weighted by Crippen LogP contribution is 2.54. The van der Waals surface area contributed by atoms with Gasteiger partial charge in [0.05, 0.1) is 6.20 Å². The average Bonchev–Trinajstić information content (AvgIpc) is 2.91. The molecule has 2 fully saturated rings. The highest BCUT2D eigenvalue weighted by molar-refractivity contribution is 7.89. The van der Waals surface area contributed by atoms with Crippen LogP contribution in [0.3, 0.4) is 0 Å². The number of aromatic nitrogens is 3. The lowest BCUT2D eigenvalue weighted by Crippen LogP contribution is -2.44. The molecule has 0 aromatic carbocycles. The summed E-state index contributed by atoms with van der Waals surface area (Å²) >= 11 is 0. The molecule has 1 unspecified atom stereocenters. The number of aryl methyl sites for hydroxylation is 1. The Hall–Kier alpha value is -1.16. The summed E-state index contributed by atoms with van der Waals surface area (Å²) in [7, 11) is -2.82. The molecule has 1 spiro atoms. The molecule has 0 bridgehead atoms. The summed E-state index contributed by atoms with van der Waals surface area (Å²) in [4.78, 5) is 0. The summed E-state index contributed by atoms with van der Waals surface area (Å²) in [6.45, 7) is -0.0872. The fraction of sp³-hybridized carbons (Fsp3) is 0.818. The van der Waals surface area contributed by atoms with Gasteiger partial charge in [-0.15, -0.1) is 5.10 Å². The molecule has 1 aromatic heterocycles. The molecular formula is C11H15F3N4O2S. The molecular weight excluding hydrogens is 309 g/mol. The summed E-state index contributed by atoms with van der Waals surface area (Å²) in [6.07, 6.45) is -1.47. The zero-order chi connectivity index (χ0) is 15.5. The number of rotatable bonds is 2. The molecule has 1 aromatic rings. The lowest BCUT2D eigenvalue weighted by atomic mass is 9.67. The van der Waals surface area contributed by atoms with Gasteiger partial charge < -0.3 is 0 Å². The first-order valence-corrected chi connectivity index (χ1v) is 8.03. The molecule has 0 amide bonds. The highest BCUT2D eigenvalue weighted by atomic mass is 32.2. The second-order valence-corrected chi connectivity index (χ2v) is 7.73. The predicted molar refractivity (Wildman–Crippen MR) is 65.6 cm³/mol. The number of halogens is 3. The molecule has 1 saturated heterocycles. The van der Waals surface area contributed by atoms with E-state index in [0.29, 0.717) is 17.1 Å². The van der Waals surface area contributed by atoms with Gasteiger partial charge in [0.1, 0.15) is 6.04 Å². The number of sulfonamides is 1. The Morgan fingerprint density at radius 1 is 1.38 bits per heavy atom. The Morgan fingerprint density at radius 2 is 2.05 bits per heavy atom. The van der Waals surface area contributed by atoms with Gasteiger partial charge in [0.2, 0.25) is 5.03 Å². The van der Waals surface area contributed by atoms with Crippen molar-refractivity contribution >= 4 is 10.0 Å². The first-order chi connectivity index (χ1) is 9.64. The normalized spacial score (nSPS) is 26.2. The summed E-state index contributed by atoms with van der Waals surface area (Å²) in [6, 6.07) is -1.97. The number of alkyl halides is 3. The van der Waals surface area contributed by atoms with E-state index in [1.165, 1.54) is 7.05 Å². The summed E-state index contributed by atoms with van der Waals surface area (Å²) < 4.78 is 66.3. The van der Waals surface area contributed by atoms with E-state index < -0.39 is 32.7 Å². The van der Waals surface area contributed by atoms with Crippen molar-refractivity contribution in [2.75, 3.05) is 6.54 Å². The van der Waals surface area contributed by atoms with Gasteiger partial charge in [-0.3, -0.25) is 4.68 Å². The standard InChI is InChI=1S/C11H15F3N4O2S/c1-17-6-9(15-16-17)21(19,20)18-7-10(3-2-4-10)5-8(18)11(12,13)14/h6,8H,2-5,7H2,1H3. The van der Waals surface area contributed by atoms with Gasteiger partial charge in [0.25, 0.3) is 10.0 Å². The van der Waals surface area contributed by atoms with Crippen LogP contribution < -0.4 is 0 Å². The minimum atomic E-state index is -4.58. The van der Waals surface area contributed by atoms with Crippen molar-refractivity contribution in [1.29, 1.82) is 0 Å². The second-order valence-electron chi connectivity index (χ2n) is 5.90. The maximum absolute atomic E-state index is 13.2. The molecule has 3 rings (SSSR count). The Morgan fingerprint density at radius 3 is 2.48 bits per heavy atom. The van der Waals surface area contributed by atoms with Crippen LogP contribution in [0.2, 0.25) is 0 Å². The zero-order valence-corrected chi connectivity index (χ0v) is 12.2. The van der Waals surface area contributed by atoms with Crippen LogP contribution in [0.1, 0.15) is 25.7 Å². The van der Waals surface area contributed by atoms with Gasteiger partial charge in [-0.1, -0.05) is 11.6 Å². The maximum Gasteiger partial charge on any atom is 0.405 e. The lowest BCUT2D eigenvalue weighted by Gasteiger charge is -2.37. The van der Waals surface area contributed by atoms with Crippen LogP contribution in [0.15, 0.2) is 11.2 Å². The van der Waals surface area contributed by atoms with Gasteiger partial charge in [-0.2, -0.15) is 17.5 Å². The van der Waals surface area contributed by atoms with E-state index in [2.05, 4.69) is 10.3 Å². The quantitative estimate of drug-likeness (QED) is 0.822. The second kappa shape index (κ2) is 4.42. The van der Waals surface area contributed by atoms with Gasteiger partial charge in [0, 0.05) is 13.6 Å². The van der Waals surface area contributed by atoms with Crippen LogP contribution in [0.4, 0.5) is 13.2 Å². The van der Waals surface area contributed by atoms with Crippen LogP contribution in [0.25, 0.3) is 0 Å². The zero-order valence-electron chi connectivity index (χ0n) is 11.3. The molecule has 1 saturated carbocycles. The molecule has 2 heterocycles. The van der Waals surface area contributed by atoms with Crippen molar-refractivity contribution in [2.45, 2.75) is 42.9 Å². The van der Waals surface area contributed by atoms with E-state index in [9.17, 15) is 21.6 Å².